The fourth-order valence-electron chi connectivity index (χ4n) is 2.21. The molecule has 1 aromatic heterocycles. The van der Waals surface area contributed by atoms with E-state index in [4.69, 9.17) is 28.3 Å². The standard InChI is InChI=1S/C15H8Cl2N2O4/c16-10-4-2-8(6-11(10)17)19-13(20)9-3-1-7(14(21)22)5-12(9)18-15(19)23/h1-6H,(H,18,23)(H,21,22). The maximum absolute atomic E-state index is 12.5. The predicted molar refractivity (Wildman–Crippen MR) is 87.1 cm³/mol. The number of fused-ring (bicyclic) bond motifs is 1. The van der Waals surface area contributed by atoms with Crippen molar-refractivity contribution >= 4 is 40.1 Å². The van der Waals surface area contributed by atoms with Gasteiger partial charge in [0.15, 0.2) is 0 Å². The van der Waals surface area contributed by atoms with Crippen LogP contribution in [0.25, 0.3) is 16.6 Å². The molecule has 0 saturated heterocycles. The van der Waals surface area contributed by atoms with E-state index in [1.165, 1.54) is 36.4 Å². The van der Waals surface area contributed by atoms with Crippen molar-refractivity contribution in [2.75, 3.05) is 0 Å². The zero-order chi connectivity index (χ0) is 16.7. The smallest absolute Gasteiger partial charge is 0.335 e. The second-order valence-corrected chi connectivity index (χ2v) is 5.55. The van der Waals surface area contributed by atoms with Crippen LogP contribution in [0, 0.1) is 0 Å². The Morgan fingerprint density at radius 3 is 2.43 bits per heavy atom. The summed E-state index contributed by atoms with van der Waals surface area (Å²) in [6, 6.07) is 8.25. The summed E-state index contributed by atoms with van der Waals surface area (Å²) in [6.45, 7) is 0. The van der Waals surface area contributed by atoms with Crippen LogP contribution in [0.2, 0.25) is 10.0 Å². The van der Waals surface area contributed by atoms with Gasteiger partial charge >= 0.3 is 11.7 Å². The molecule has 0 atom stereocenters. The molecule has 3 rings (SSSR count). The Balaban J connectivity index is 2.33. The third-order valence-electron chi connectivity index (χ3n) is 3.31. The number of carboxylic acids is 1. The number of aromatic nitrogens is 2. The lowest BCUT2D eigenvalue weighted by atomic mass is 10.1. The summed E-state index contributed by atoms with van der Waals surface area (Å²) >= 11 is 11.7. The topological polar surface area (TPSA) is 92.2 Å². The predicted octanol–water partition coefficient (Wildman–Crippen LogP) is 2.68. The van der Waals surface area contributed by atoms with Crippen molar-refractivity contribution in [2.45, 2.75) is 0 Å². The van der Waals surface area contributed by atoms with Gasteiger partial charge in [0.2, 0.25) is 0 Å². The molecule has 0 spiro atoms. The van der Waals surface area contributed by atoms with E-state index in [9.17, 15) is 14.4 Å². The van der Waals surface area contributed by atoms with Crippen LogP contribution in [-0.4, -0.2) is 20.6 Å². The number of H-pyrrole nitrogens is 1. The van der Waals surface area contributed by atoms with Gasteiger partial charge in [0.1, 0.15) is 0 Å². The van der Waals surface area contributed by atoms with Gasteiger partial charge in [-0.05, 0) is 36.4 Å². The van der Waals surface area contributed by atoms with E-state index >= 15 is 0 Å². The van der Waals surface area contributed by atoms with E-state index in [2.05, 4.69) is 4.98 Å². The lowest BCUT2D eigenvalue weighted by molar-refractivity contribution is 0.0697. The molecule has 6 nitrogen and oxygen atoms in total. The molecular formula is C15H8Cl2N2O4. The summed E-state index contributed by atoms with van der Waals surface area (Å²) in [5.74, 6) is -1.15. The van der Waals surface area contributed by atoms with Crippen LogP contribution in [0.5, 0.6) is 0 Å². The van der Waals surface area contributed by atoms with Gasteiger partial charge < -0.3 is 10.1 Å². The molecule has 2 aromatic carbocycles. The average Bonchev–Trinajstić information content (AvgIpc) is 2.50. The highest BCUT2D eigenvalue weighted by molar-refractivity contribution is 6.42. The summed E-state index contributed by atoms with van der Waals surface area (Å²) in [7, 11) is 0. The van der Waals surface area contributed by atoms with Crippen molar-refractivity contribution in [3.63, 3.8) is 0 Å². The molecule has 116 valence electrons. The van der Waals surface area contributed by atoms with Gasteiger partial charge in [0, 0.05) is 0 Å². The van der Waals surface area contributed by atoms with E-state index < -0.39 is 17.2 Å². The SMILES string of the molecule is O=C(O)c1ccc2c(=O)n(-c3ccc(Cl)c(Cl)c3)c(=O)[nH]c2c1. The van der Waals surface area contributed by atoms with Crippen molar-refractivity contribution in [3.8, 4) is 5.69 Å². The van der Waals surface area contributed by atoms with Crippen LogP contribution in [0.1, 0.15) is 10.4 Å². The highest BCUT2D eigenvalue weighted by Crippen LogP contribution is 2.23. The lowest BCUT2D eigenvalue weighted by Gasteiger charge is -2.08. The number of nitrogens with one attached hydrogen (secondary N) is 1. The Hall–Kier alpha value is -2.57. The molecule has 0 saturated carbocycles. The van der Waals surface area contributed by atoms with E-state index in [1.807, 2.05) is 0 Å². The summed E-state index contributed by atoms with van der Waals surface area (Å²) in [5.41, 5.74) is -0.909. The van der Waals surface area contributed by atoms with Crippen molar-refractivity contribution < 1.29 is 9.90 Å². The minimum Gasteiger partial charge on any atom is -0.478 e. The maximum atomic E-state index is 12.5. The summed E-state index contributed by atoms with van der Waals surface area (Å²) in [4.78, 5) is 38.2. The number of rotatable bonds is 2. The molecule has 2 N–H and O–H groups in total. The minimum atomic E-state index is -1.15. The first-order valence-corrected chi connectivity index (χ1v) is 7.12. The Bertz CT molecular complexity index is 1070. The second kappa shape index (κ2) is 5.57. The average molecular weight is 351 g/mol. The highest BCUT2D eigenvalue weighted by Gasteiger charge is 2.12. The first-order valence-electron chi connectivity index (χ1n) is 6.36. The van der Waals surface area contributed by atoms with E-state index in [0.29, 0.717) is 5.02 Å². The van der Waals surface area contributed by atoms with Crippen molar-refractivity contribution in [1.29, 1.82) is 0 Å². The number of carboxylic acid groups (broad SMARTS) is 1. The number of halogens is 2. The van der Waals surface area contributed by atoms with E-state index in [0.717, 1.165) is 4.57 Å². The van der Waals surface area contributed by atoms with Crippen molar-refractivity contribution in [1.82, 2.24) is 9.55 Å². The largest absolute Gasteiger partial charge is 0.478 e. The molecule has 0 aliphatic carbocycles. The number of hydrogen-bond acceptors (Lipinski definition) is 3. The van der Waals surface area contributed by atoms with E-state index in [-0.39, 0.29) is 27.2 Å². The lowest BCUT2D eigenvalue weighted by Crippen LogP contribution is -2.33. The van der Waals surface area contributed by atoms with Crippen LogP contribution < -0.4 is 11.2 Å². The Morgan fingerprint density at radius 1 is 1.04 bits per heavy atom. The van der Waals surface area contributed by atoms with Crippen LogP contribution in [0.4, 0.5) is 0 Å². The van der Waals surface area contributed by atoms with Gasteiger partial charge in [-0.3, -0.25) is 4.79 Å². The molecule has 8 heteroatoms. The van der Waals surface area contributed by atoms with Gasteiger partial charge in [0.25, 0.3) is 5.56 Å². The quantitative estimate of drug-likeness (QED) is 0.743. The summed E-state index contributed by atoms with van der Waals surface area (Å²) < 4.78 is 0.908. The molecule has 0 aliphatic rings. The molecule has 0 amide bonds. The normalized spacial score (nSPS) is 10.9. The van der Waals surface area contributed by atoms with Gasteiger partial charge in [-0.2, -0.15) is 0 Å². The van der Waals surface area contributed by atoms with E-state index in [1.54, 1.807) is 0 Å². The molecule has 3 aromatic rings. The van der Waals surface area contributed by atoms with Crippen molar-refractivity contribution in [3.05, 3.63) is 72.8 Å². The first-order chi connectivity index (χ1) is 10.9. The van der Waals surface area contributed by atoms with Gasteiger partial charge in [-0.25, -0.2) is 14.2 Å². The highest BCUT2D eigenvalue weighted by atomic mass is 35.5. The fraction of sp³-hybridized carbons (Fsp3) is 0. The second-order valence-electron chi connectivity index (χ2n) is 4.73. The maximum Gasteiger partial charge on any atom is 0.335 e. The number of nitrogens with zero attached hydrogens (tertiary/aromatic N) is 1. The molecular weight excluding hydrogens is 343 g/mol. The number of aromatic amines is 1. The fourth-order valence-corrected chi connectivity index (χ4v) is 2.50. The van der Waals surface area contributed by atoms with Crippen LogP contribution in [0.3, 0.4) is 0 Å². The Morgan fingerprint density at radius 2 is 1.78 bits per heavy atom. The molecule has 0 fully saturated rings. The van der Waals surface area contributed by atoms with Gasteiger partial charge in [0.05, 0.1) is 32.2 Å². The van der Waals surface area contributed by atoms with Crippen molar-refractivity contribution in [2.24, 2.45) is 0 Å². The molecule has 0 radical (unpaired) electrons. The number of aromatic carboxylic acids is 1. The number of carbonyl (C=O) groups is 1. The Labute approximate surface area is 138 Å². The Kier molecular flexibility index (Phi) is 3.71. The zero-order valence-electron chi connectivity index (χ0n) is 11.3. The molecule has 0 unspecified atom stereocenters. The zero-order valence-corrected chi connectivity index (χ0v) is 12.9. The van der Waals surface area contributed by atoms with Gasteiger partial charge in [-0.1, -0.05) is 23.2 Å². The first kappa shape index (κ1) is 15.3. The van der Waals surface area contributed by atoms with Crippen LogP contribution in [0.15, 0.2) is 46.0 Å². The van der Waals surface area contributed by atoms with Crippen LogP contribution in [-0.2, 0) is 0 Å². The van der Waals surface area contributed by atoms with Crippen LogP contribution >= 0.6 is 23.2 Å². The number of hydrogen-bond donors (Lipinski definition) is 2. The monoisotopic (exact) mass is 350 g/mol. The summed E-state index contributed by atoms with van der Waals surface area (Å²) in [5, 5.41) is 9.65. The summed E-state index contributed by atoms with van der Waals surface area (Å²) in [6.07, 6.45) is 0. The molecule has 23 heavy (non-hydrogen) atoms. The molecule has 0 bridgehead atoms. The molecule has 0 aliphatic heterocycles. The third-order valence-corrected chi connectivity index (χ3v) is 4.05. The third kappa shape index (κ3) is 2.62. The minimum absolute atomic E-state index is 0.0279. The van der Waals surface area contributed by atoms with Gasteiger partial charge in [-0.15, -0.1) is 0 Å². The number of benzene rings is 2. The molecule has 1 heterocycles.